The third-order valence-corrected chi connectivity index (χ3v) is 5.05. The van der Waals surface area contributed by atoms with Gasteiger partial charge >= 0.3 is 5.97 Å². The minimum Gasteiger partial charge on any atom is -0.484 e. The molecule has 2 heterocycles. The molecule has 0 bridgehead atoms. The number of nitrogens with one attached hydrogen (secondary N) is 1. The molecule has 0 aliphatic rings. The molecule has 0 aliphatic carbocycles. The van der Waals surface area contributed by atoms with Crippen LogP contribution >= 0.6 is 11.6 Å². The smallest absolute Gasteiger partial charge is 0.338 e. The first-order chi connectivity index (χ1) is 16.0. The Morgan fingerprint density at radius 1 is 1.09 bits per heavy atom. The Morgan fingerprint density at radius 2 is 1.88 bits per heavy atom. The van der Waals surface area contributed by atoms with Crippen LogP contribution in [-0.2, 0) is 17.9 Å². The fourth-order valence-electron chi connectivity index (χ4n) is 3.14. The highest BCUT2D eigenvalue weighted by Crippen LogP contribution is 2.24. The Balaban J connectivity index is 1.37. The lowest BCUT2D eigenvalue weighted by molar-refractivity contribution is 0.0599. The normalized spacial score (nSPS) is 10.6. The van der Waals surface area contributed by atoms with Crippen LogP contribution < -0.4 is 10.1 Å². The SMILES string of the molecule is COC(=O)c1ccccc1Cn1cc(NC(=O)c2ccc(COc3ccccc3Cl)o2)cn1. The van der Waals surface area contributed by atoms with Crippen molar-refractivity contribution in [3.05, 3.63) is 101 Å². The summed E-state index contributed by atoms with van der Waals surface area (Å²) < 4.78 is 17.6. The van der Waals surface area contributed by atoms with Gasteiger partial charge in [0.25, 0.3) is 5.91 Å². The summed E-state index contributed by atoms with van der Waals surface area (Å²) in [5.74, 6) is 0.307. The summed E-state index contributed by atoms with van der Waals surface area (Å²) in [7, 11) is 1.34. The highest BCUT2D eigenvalue weighted by atomic mass is 35.5. The van der Waals surface area contributed by atoms with E-state index < -0.39 is 11.9 Å². The molecular formula is C24H20ClN3O5. The first kappa shape index (κ1) is 22.2. The number of methoxy groups -OCH3 is 1. The van der Waals surface area contributed by atoms with Crippen molar-refractivity contribution in [3.8, 4) is 5.75 Å². The highest BCUT2D eigenvalue weighted by Gasteiger charge is 2.15. The highest BCUT2D eigenvalue weighted by molar-refractivity contribution is 6.32. The summed E-state index contributed by atoms with van der Waals surface area (Å²) in [5, 5.41) is 7.48. The first-order valence-corrected chi connectivity index (χ1v) is 10.4. The van der Waals surface area contributed by atoms with E-state index in [1.165, 1.54) is 13.3 Å². The maximum Gasteiger partial charge on any atom is 0.338 e. The molecule has 33 heavy (non-hydrogen) atoms. The van der Waals surface area contributed by atoms with Gasteiger partial charge in [-0.15, -0.1) is 0 Å². The standard InChI is InChI=1S/C24H20ClN3O5/c1-31-24(30)19-7-3-2-6-16(19)13-28-14-17(12-26-28)27-23(29)22-11-10-18(33-22)15-32-21-9-5-4-8-20(21)25/h2-12,14H,13,15H2,1H3,(H,27,29). The van der Waals surface area contributed by atoms with Crippen molar-refractivity contribution < 1.29 is 23.5 Å². The van der Waals surface area contributed by atoms with E-state index in [4.69, 9.17) is 25.5 Å². The van der Waals surface area contributed by atoms with E-state index in [0.29, 0.717) is 34.3 Å². The Bertz CT molecular complexity index is 1280. The lowest BCUT2D eigenvalue weighted by Gasteiger charge is -2.07. The molecule has 0 saturated heterocycles. The fraction of sp³-hybridized carbons (Fsp3) is 0.125. The van der Waals surface area contributed by atoms with E-state index in [-0.39, 0.29) is 12.4 Å². The summed E-state index contributed by atoms with van der Waals surface area (Å²) in [5.41, 5.74) is 1.70. The lowest BCUT2D eigenvalue weighted by atomic mass is 10.1. The van der Waals surface area contributed by atoms with Gasteiger partial charge in [-0.2, -0.15) is 5.10 Å². The Hall–Kier alpha value is -4.04. The second kappa shape index (κ2) is 10.1. The van der Waals surface area contributed by atoms with Gasteiger partial charge in [0.05, 0.1) is 36.1 Å². The molecule has 2 aromatic heterocycles. The zero-order valence-corrected chi connectivity index (χ0v) is 18.4. The predicted octanol–water partition coefficient (Wildman–Crippen LogP) is 4.80. The minimum atomic E-state index is -0.423. The number of para-hydroxylation sites is 1. The average Bonchev–Trinajstić information content (AvgIpc) is 3.48. The molecule has 168 valence electrons. The van der Waals surface area contributed by atoms with Gasteiger partial charge in [0.15, 0.2) is 5.76 Å². The molecule has 0 atom stereocenters. The summed E-state index contributed by atoms with van der Waals surface area (Å²) in [6.07, 6.45) is 3.18. The van der Waals surface area contributed by atoms with E-state index in [0.717, 1.165) is 5.56 Å². The number of ether oxygens (including phenoxy) is 2. The molecule has 0 aliphatic heterocycles. The van der Waals surface area contributed by atoms with Gasteiger partial charge in [0.2, 0.25) is 0 Å². The molecule has 1 N–H and O–H groups in total. The van der Waals surface area contributed by atoms with Crippen molar-refractivity contribution in [1.82, 2.24) is 9.78 Å². The number of amides is 1. The molecule has 4 aromatic rings. The number of carbonyl (C=O) groups excluding carboxylic acids is 2. The molecule has 0 saturated carbocycles. The third-order valence-electron chi connectivity index (χ3n) is 4.74. The second-order valence-corrected chi connectivity index (χ2v) is 7.42. The van der Waals surface area contributed by atoms with E-state index in [2.05, 4.69) is 10.4 Å². The number of hydrogen-bond donors (Lipinski definition) is 1. The number of halogens is 1. The van der Waals surface area contributed by atoms with Crippen LogP contribution in [0.5, 0.6) is 5.75 Å². The molecule has 4 rings (SSSR count). The summed E-state index contributed by atoms with van der Waals surface area (Å²) >= 11 is 6.07. The molecule has 1 amide bonds. The summed E-state index contributed by atoms with van der Waals surface area (Å²) in [4.78, 5) is 24.5. The van der Waals surface area contributed by atoms with Crippen LogP contribution in [0.3, 0.4) is 0 Å². The fourth-order valence-corrected chi connectivity index (χ4v) is 3.33. The molecule has 0 fully saturated rings. The average molecular weight is 466 g/mol. The summed E-state index contributed by atoms with van der Waals surface area (Å²) in [6.45, 7) is 0.472. The quantitative estimate of drug-likeness (QED) is 0.376. The van der Waals surface area contributed by atoms with Crippen LogP contribution in [0.4, 0.5) is 5.69 Å². The lowest BCUT2D eigenvalue weighted by Crippen LogP contribution is -2.11. The molecule has 0 spiro atoms. The maximum absolute atomic E-state index is 12.5. The summed E-state index contributed by atoms with van der Waals surface area (Å²) in [6, 6.07) is 17.4. The topological polar surface area (TPSA) is 95.6 Å². The van der Waals surface area contributed by atoms with E-state index in [1.807, 2.05) is 24.3 Å². The van der Waals surface area contributed by atoms with E-state index in [9.17, 15) is 9.59 Å². The molecule has 2 aromatic carbocycles. The van der Waals surface area contributed by atoms with Crippen LogP contribution in [0.15, 0.2) is 77.5 Å². The van der Waals surface area contributed by atoms with Gasteiger partial charge < -0.3 is 19.2 Å². The maximum atomic E-state index is 12.5. The van der Waals surface area contributed by atoms with Gasteiger partial charge in [-0.25, -0.2) is 4.79 Å². The minimum absolute atomic E-state index is 0.133. The van der Waals surface area contributed by atoms with E-state index >= 15 is 0 Å². The van der Waals surface area contributed by atoms with Gasteiger partial charge in [0.1, 0.15) is 18.1 Å². The van der Waals surface area contributed by atoms with Gasteiger partial charge in [-0.3, -0.25) is 9.48 Å². The Kier molecular flexibility index (Phi) is 6.75. The van der Waals surface area contributed by atoms with Gasteiger partial charge in [-0.05, 0) is 35.9 Å². The molecular weight excluding hydrogens is 446 g/mol. The molecule has 0 radical (unpaired) electrons. The van der Waals surface area contributed by atoms with Gasteiger partial charge in [0, 0.05) is 6.20 Å². The van der Waals surface area contributed by atoms with Crippen LogP contribution in [0.1, 0.15) is 32.2 Å². The number of rotatable bonds is 8. The Labute approximate surface area is 194 Å². The largest absolute Gasteiger partial charge is 0.484 e. The zero-order chi connectivity index (χ0) is 23.2. The van der Waals surface area contributed by atoms with Crippen molar-refractivity contribution in [1.29, 1.82) is 0 Å². The van der Waals surface area contributed by atoms with Gasteiger partial charge in [-0.1, -0.05) is 41.9 Å². The first-order valence-electron chi connectivity index (χ1n) is 9.99. The van der Waals surface area contributed by atoms with Crippen LogP contribution in [0.2, 0.25) is 5.02 Å². The number of esters is 1. The molecule has 9 heteroatoms. The third kappa shape index (κ3) is 5.42. The monoisotopic (exact) mass is 465 g/mol. The van der Waals surface area contributed by atoms with Crippen molar-refractivity contribution >= 4 is 29.2 Å². The number of nitrogens with zero attached hydrogens (tertiary/aromatic N) is 2. The predicted molar refractivity (Wildman–Crippen MR) is 122 cm³/mol. The second-order valence-electron chi connectivity index (χ2n) is 7.01. The van der Waals surface area contributed by atoms with Crippen molar-refractivity contribution in [2.24, 2.45) is 0 Å². The number of hydrogen-bond acceptors (Lipinski definition) is 6. The van der Waals surface area contributed by atoms with Crippen molar-refractivity contribution in [2.75, 3.05) is 12.4 Å². The molecule has 0 unspecified atom stereocenters. The number of carbonyl (C=O) groups is 2. The number of anilines is 1. The van der Waals surface area contributed by atoms with Crippen molar-refractivity contribution in [2.45, 2.75) is 13.2 Å². The van der Waals surface area contributed by atoms with Crippen LogP contribution in [0, 0.1) is 0 Å². The number of aromatic nitrogens is 2. The number of benzene rings is 2. The van der Waals surface area contributed by atoms with Crippen LogP contribution in [0.25, 0.3) is 0 Å². The zero-order valence-electron chi connectivity index (χ0n) is 17.7. The Morgan fingerprint density at radius 3 is 2.70 bits per heavy atom. The molecule has 8 nitrogen and oxygen atoms in total. The number of furan rings is 1. The van der Waals surface area contributed by atoms with Crippen LogP contribution in [-0.4, -0.2) is 28.8 Å². The van der Waals surface area contributed by atoms with E-state index in [1.54, 1.807) is 47.3 Å². The van der Waals surface area contributed by atoms with Crippen molar-refractivity contribution in [3.63, 3.8) is 0 Å².